The Morgan fingerprint density at radius 1 is 0.938 bits per heavy atom. The second-order valence-corrected chi connectivity index (χ2v) is 8.25. The van der Waals surface area contributed by atoms with Crippen LogP contribution in [-0.4, -0.2) is 21.7 Å². The Labute approximate surface area is 185 Å². The molecule has 1 amide bonds. The van der Waals surface area contributed by atoms with E-state index in [0.717, 1.165) is 47.9 Å². The van der Waals surface area contributed by atoms with Crippen molar-refractivity contribution in [3.63, 3.8) is 0 Å². The van der Waals surface area contributed by atoms with Gasteiger partial charge in [0.25, 0.3) is 11.7 Å². The van der Waals surface area contributed by atoms with Gasteiger partial charge in [0.05, 0.1) is 16.8 Å². The number of carbonyl (C=O) groups excluding carboxylic acids is 1. The highest BCUT2D eigenvalue weighted by Crippen LogP contribution is 2.47. The van der Waals surface area contributed by atoms with Crippen molar-refractivity contribution in [2.24, 2.45) is 0 Å². The summed E-state index contributed by atoms with van der Waals surface area (Å²) in [4.78, 5) is 22.2. The van der Waals surface area contributed by atoms with Crippen molar-refractivity contribution in [2.75, 3.05) is 5.32 Å². The third-order valence-electron chi connectivity index (χ3n) is 6.08. The van der Waals surface area contributed by atoms with E-state index < -0.39 is 5.79 Å². The van der Waals surface area contributed by atoms with Crippen molar-refractivity contribution >= 4 is 22.5 Å². The number of rotatable bonds is 3. The van der Waals surface area contributed by atoms with Crippen LogP contribution in [0.25, 0.3) is 22.2 Å². The molecule has 1 N–H and O–H groups in total. The lowest BCUT2D eigenvalue weighted by atomic mass is 10.0. The highest BCUT2D eigenvalue weighted by atomic mass is 16.7. The fourth-order valence-corrected chi connectivity index (χ4v) is 4.51. The van der Waals surface area contributed by atoms with Gasteiger partial charge in [-0.3, -0.25) is 9.78 Å². The van der Waals surface area contributed by atoms with Crippen molar-refractivity contribution in [2.45, 2.75) is 31.5 Å². The molecular weight excluding hydrogens is 402 g/mol. The Hall–Kier alpha value is -3.93. The molecule has 6 heteroatoms. The number of ether oxygens (including phenoxy) is 2. The van der Waals surface area contributed by atoms with Crippen LogP contribution in [0, 0.1) is 0 Å². The minimum absolute atomic E-state index is 0.205. The number of carbonyl (C=O) groups is 1. The quantitative estimate of drug-likeness (QED) is 0.465. The summed E-state index contributed by atoms with van der Waals surface area (Å²) in [6.07, 6.45) is 7.45. The summed E-state index contributed by atoms with van der Waals surface area (Å²) in [5.74, 6) is 0.687. The van der Waals surface area contributed by atoms with Crippen LogP contribution in [0.4, 0.5) is 5.69 Å². The first-order chi connectivity index (χ1) is 15.7. The van der Waals surface area contributed by atoms with Crippen LogP contribution >= 0.6 is 0 Å². The van der Waals surface area contributed by atoms with E-state index in [1.807, 2.05) is 60.7 Å². The van der Waals surface area contributed by atoms with Crippen molar-refractivity contribution in [3.8, 4) is 22.8 Å². The maximum Gasteiger partial charge on any atom is 0.256 e. The molecule has 4 aromatic rings. The Morgan fingerprint density at radius 2 is 1.78 bits per heavy atom. The highest BCUT2D eigenvalue weighted by Gasteiger charge is 2.44. The third kappa shape index (κ3) is 3.24. The molecule has 1 fully saturated rings. The van der Waals surface area contributed by atoms with Gasteiger partial charge < -0.3 is 14.8 Å². The molecule has 2 aliphatic rings. The zero-order chi connectivity index (χ0) is 21.5. The molecule has 0 unspecified atom stereocenters. The average Bonchev–Trinajstić information content (AvgIpc) is 3.44. The smallest absolute Gasteiger partial charge is 0.256 e. The predicted octanol–water partition coefficient (Wildman–Crippen LogP) is 5.59. The molecule has 0 radical (unpaired) electrons. The van der Waals surface area contributed by atoms with Gasteiger partial charge in [-0.25, -0.2) is 4.98 Å². The topological polar surface area (TPSA) is 73.3 Å². The molecule has 32 heavy (non-hydrogen) atoms. The van der Waals surface area contributed by atoms with Gasteiger partial charge in [-0.05, 0) is 49.2 Å². The first-order valence-electron chi connectivity index (χ1n) is 10.8. The lowest BCUT2D eigenvalue weighted by molar-refractivity contribution is -0.0716. The Bertz CT molecular complexity index is 1330. The van der Waals surface area contributed by atoms with Gasteiger partial charge >= 0.3 is 0 Å². The third-order valence-corrected chi connectivity index (χ3v) is 6.08. The number of aromatic nitrogens is 2. The summed E-state index contributed by atoms with van der Waals surface area (Å²) in [5.41, 5.74) is 3.54. The van der Waals surface area contributed by atoms with Crippen LogP contribution in [-0.2, 0) is 0 Å². The number of hydrogen-bond acceptors (Lipinski definition) is 5. The molecular formula is C26H21N3O3. The molecule has 0 bridgehead atoms. The zero-order valence-electron chi connectivity index (χ0n) is 17.4. The molecule has 158 valence electrons. The maximum atomic E-state index is 13.3. The molecule has 2 aromatic heterocycles. The normalized spacial score (nSPS) is 15.9. The van der Waals surface area contributed by atoms with Gasteiger partial charge in [-0.15, -0.1) is 0 Å². The number of anilines is 1. The van der Waals surface area contributed by atoms with Crippen molar-refractivity contribution < 1.29 is 14.3 Å². The Morgan fingerprint density at radius 3 is 2.62 bits per heavy atom. The summed E-state index contributed by atoms with van der Waals surface area (Å²) in [6, 6.07) is 18.8. The minimum Gasteiger partial charge on any atom is -0.448 e. The molecule has 1 aliphatic carbocycles. The molecule has 6 nitrogen and oxygen atoms in total. The summed E-state index contributed by atoms with van der Waals surface area (Å²) >= 11 is 0. The second kappa shape index (κ2) is 7.34. The van der Waals surface area contributed by atoms with E-state index in [0.29, 0.717) is 22.7 Å². The first kappa shape index (κ1) is 18.8. The van der Waals surface area contributed by atoms with Crippen LogP contribution in [0.15, 0.2) is 73.1 Å². The summed E-state index contributed by atoms with van der Waals surface area (Å²) in [6.45, 7) is 0. The number of nitrogens with one attached hydrogen (secondary N) is 1. The van der Waals surface area contributed by atoms with E-state index in [-0.39, 0.29) is 5.91 Å². The van der Waals surface area contributed by atoms with Gasteiger partial charge in [-0.2, -0.15) is 0 Å². The maximum absolute atomic E-state index is 13.3. The summed E-state index contributed by atoms with van der Waals surface area (Å²) < 4.78 is 12.2. The molecule has 1 spiro atoms. The monoisotopic (exact) mass is 423 g/mol. The molecule has 0 saturated heterocycles. The number of hydrogen-bond donors (Lipinski definition) is 1. The molecule has 6 rings (SSSR count). The number of benzene rings is 2. The molecule has 2 aromatic carbocycles. The number of pyridine rings is 2. The van der Waals surface area contributed by atoms with Gasteiger partial charge in [-0.1, -0.05) is 18.2 Å². The lowest BCUT2D eigenvalue weighted by Crippen LogP contribution is -2.34. The van der Waals surface area contributed by atoms with Gasteiger partial charge in [0, 0.05) is 47.9 Å². The van der Waals surface area contributed by atoms with Gasteiger partial charge in [0.15, 0.2) is 11.5 Å². The van der Waals surface area contributed by atoms with E-state index in [2.05, 4.69) is 10.3 Å². The zero-order valence-corrected chi connectivity index (χ0v) is 17.4. The van der Waals surface area contributed by atoms with Crippen LogP contribution in [0.1, 0.15) is 36.0 Å². The largest absolute Gasteiger partial charge is 0.448 e. The Kier molecular flexibility index (Phi) is 4.31. The van der Waals surface area contributed by atoms with Crippen LogP contribution in [0.2, 0.25) is 0 Å². The number of para-hydroxylation sites is 1. The van der Waals surface area contributed by atoms with E-state index in [1.54, 1.807) is 12.4 Å². The van der Waals surface area contributed by atoms with Gasteiger partial charge in [0.2, 0.25) is 0 Å². The van der Waals surface area contributed by atoms with E-state index in [4.69, 9.17) is 14.5 Å². The SMILES string of the molecule is O=C(Nc1ccc2c(c1)OC1(CCCC1)O2)c1cc(-c2cccnc2)nc2ccccc12. The molecule has 1 saturated carbocycles. The first-order valence-corrected chi connectivity index (χ1v) is 10.8. The van der Waals surface area contributed by atoms with E-state index in [1.165, 1.54) is 0 Å². The Balaban J connectivity index is 1.33. The summed E-state index contributed by atoms with van der Waals surface area (Å²) in [5, 5.41) is 3.81. The van der Waals surface area contributed by atoms with E-state index >= 15 is 0 Å². The van der Waals surface area contributed by atoms with Gasteiger partial charge in [0.1, 0.15) is 0 Å². The van der Waals surface area contributed by atoms with Crippen molar-refractivity contribution in [1.29, 1.82) is 0 Å². The summed E-state index contributed by atoms with van der Waals surface area (Å²) in [7, 11) is 0. The molecule has 1 aliphatic heterocycles. The number of fused-ring (bicyclic) bond motifs is 2. The molecule has 0 atom stereocenters. The van der Waals surface area contributed by atoms with Crippen LogP contribution in [0.3, 0.4) is 0 Å². The fraction of sp³-hybridized carbons (Fsp3) is 0.192. The minimum atomic E-state index is -0.523. The number of amides is 1. The second-order valence-electron chi connectivity index (χ2n) is 8.25. The fourth-order valence-electron chi connectivity index (χ4n) is 4.51. The van der Waals surface area contributed by atoms with Crippen LogP contribution < -0.4 is 14.8 Å². The average molecular weight is 423 g/mol. The van der Waals surface area contributed by atoms with E-state index in [9.17, 15) is 4.79 Å². The number of nitrogens with zero attached hydrogens (tertiary/aromatic N) is 2. The van der Waals surface area contributed by atoms with Crippen molar-refractivity contribution in [3.05, 3.63) is 78.6 Å². The van der Waals surface area contributed by atoms with Crippen molar-refractivity contribution in [1.82, 2.24) is 9.97 Å². The van der Waals surface area contributed by atoms with Crippen LogP contribution in [0.5, 0.6) is 11.5 Å². The molecule has 3 heterocycles. The standard InChI is InChI=1S/C26H21N3O3/c30-25(28-18-9-10-23-24(14-18)32-26(31-23)11-3-4-12-26)20-15-22(17-6-5-13-27-16-17)29-21-8-2-1-7-19(20)21/h1-2,5-10,13-16H,3-4,11-12H2,(H,28,30). The highest BCUT2D eigenvalue weighted by molar-refractivity contribution is 6.13. The lowest BCUT2D eigenvalue weighted by Gasteiger charge is -2.21. The predicted molar refractivity (Wildman–Crippen MR) is 122 cm³/mol.